The average Bonchev–Trinajstić information content (AvgIpc) is 3.94. The fourth-order valence-electron chi connectivity index (χ4n) is 6.15. The number of rotatable bonds is 40. The van der Waals surface area contributed by atoms with Crippen molar-refractivity contribution in [2.45, 2.75) is 205 Å². The van der Waals surface area contributed by atoms with Crippen LogP contribution in [0.4, 0.5) is 0 Å². The largest absolute Gasteiger partial charge is 0.472 e. The second-order valence-corrected chi connectivity index (χ2v) is 16.6. The van der Waals surface area contributed by atoms with Crippen LogP contribution in [0, 0.1) is 0 Å². The number of hydrogen-bond acceptors (Lipinski definition) is 10. The van der Waals surface area contributed by atoms with Crippen LogP contribution in [0.3, 0.4) is 0 Å². The second kappa shape index (κ2) is 36.2. The van der Waals surface area contributed by atoms with Gasteiger partial charge in [0.05, 0.1) is 32.0 Å². The molecule has 0 spiro atoms. The summed E-state index contributed by atoms with van der Waals surface area (Å²) in [5.41, 5.74) is 0. The number of allylic oxidation sites excluding steroid dienone is 5. The summed E-state index contributed by atoms with van der Waals surface area (Å²) in [6, 6.07) is 0. The number of carbonyl (C=O) groups is 2. The highest BCUT2D eigenvalue weighted by atomic mass is 31.2. The first kappa shape index (κ1) is 52.2. The first-order chi connectivity index (χ1) is 27.2. The van der Waals surface area contributed by atoms with E-state index in [1.165, 1.54) is 64.2 Å². The summed E-state index contributed by atoms with van der Waals surface area (Å²) in [7, 11) is -4.63. The van der Waals surface area contributed by atoms with Crippen molar-refractivity contribution in [2.75, 3.05) is 26.4 Å². The van der Waals surface area contributed by atoms with Crippen LogP contribution in [0.1, 0.15) is 181 Å². The third-order valence-corrected chi connectivity index (χ3v) is 10.6. The lowest BCUT2D eigenvalue weighted by Crippen LogP contribution is -2.29. The molecular formula is C44H79O11P. The van der Waals surface area contributed by atoms with Gasteiger partial charge in [-0.1, -0.05) is 134 Å². The van der Waals surface area contributed by atoms with E-state index < -0.39 is 51.8 Å². The Bertz CT molecular complexity index is 1090. The van der Waals surface area contributed by atoms with E-state index in [0.29, 0.717) is 25.0 Å². The topological polar surface area (TPSA) is 161 Å². The van der Waals surface area contributed by atoms with E-state index in [1.807, 2.05) is 0 Å². The van der Waals surface area contributed by atoms with Gasteiger partial charge >= 0.3 is 19.8 Å². The number of ether oxygens (including phenoxy) is 3. The van der Waals surface area contributed by atoms with Gasteiger partial charge in [0.25, 0.3) is 0 Å². The normalized spacial score (nSPS) is 17.8. The van der Waals surface area contributed by atoms with E-state index in [0.717, 1.165) is 77.0 Å². The molecule has 12 heteroatoms. The molecule has 0 aromatic carbocycles. The highest BCUT2D eigenvalue weighted by Gasteiger charge is 2.36. The summed E-state index contributed by atoms with van der Waals surface area (Å²) in [4.78, 5) is 35.0. The predicted octanol–water partition coefficient (Wildman–Crippen LogP) is 10.5. The molecule has 0 aromatic rings. The van der Waals surface area contributed by atoms with Crippen molar-refractivity contribution in [1.29, 1.82) is 0 Å². The maximum Gasteiger partial charge on any atom is 0.472 e. The Kier molecular flexibility index (Phi) is 33.8. The smallest absolute Gasteiger partial charge is 0.462 e. The molecule has 1 aliphatic rings. The van der Waals surface area contributed by atoms with Gasteiger partial charge in [-0.3, -0.25) is 18.6 Å². The standard InChI is InChI=1S/C44H79O11P/c1-3-5-7-9-11-12-13-14-15-16-17-18-19-20-21-25-29-33-43(47)51-37-40(38-53-56(49,50)52-36-39(46)35-45)54-44(48)34-30-26-22-24-28-32-42-41(55-42)31-27-23-10-8-6-4-2/h11-12,14-15,23,27,39-42,45-46H,3-10,13,16-22,24-26,28-38H2,1-2H3,(H,49,50)/b12-11-,15-14-,27-23-/t39-,40+,41?,42?/m0/s1. The molecule has 0 aliphatic carbocycles. The minimum Gasteiger partial charge on any atom is -0.462 e. The van der Waals surface area contributed by atoms with Gasteiger partial charge in [0.15, 0.2) is 6.10 Å². The van der Waals surface area contributed by atoms with E-state index >= 15 is 0 Å². The van der Waals surface area contributed by atoms with Crippen molar-refractivity contribution in [3.8, 4) is 0 Å². The zero-order valence-electron chi connectivity index (χ0n) is 35.0. The molecule has 1 saturated heterocycles. The molecular weight excluding hydrogens is 735 g/mol. The molecule has 5 atom stereocenters. The number of aliphatic hydroxyl groups is 2. The number of carbonyl (C=O) groups excluding carboxylic acids is 2. The van der Waals surface area contributed by atoms with Crippen LogP contribution in [-0.4, -0.2) is 77.9 Å². The van der Waals surface area contributed by atoms with Crippen molar-refractivity contribution in [3.05, 3.63) is 36.5 Å². The van der Waals surface area contributed by atoms with Gasteiger partial charge in [0.2, 0.25) is 0 Å². The summed E-state index contributed by atoms with van der Waals surface area (Å²) in [5, 5.41) is 18.3. The maximum absolute atomic E-state index is 12.6. The van der Waals surface area contributed by atoms with Crippen LogP contribution in [0.2, 0.25) is 0 Å². The molecule has 0 bridgehead atoms. The summed E-state index contributed by atoms with van der Waals surface area (Å²) >= 11 is 0. The molecule has 1 rings (SSSR count). The van der Waals surface area contributed by atoms with E-state index in [9.17, 15) is 24.2 Å². The summed E-state index contributed by atoms with van der Waals surface area (Å²) in [6.07, 6.45) is 38.4. The number of hydrogen-bond donors (Lipinski definition) is 3. The van der Waals surface area contributed by atoms with Crippen LogP contribution in [0.5, 0.6) is 0 Å². The zero-order chi connectivity index (χ0) is 41.0. The predicted molar refractivity (Wildman–Crippen MR) is 223 cm³/mol. The zero-order valence-corrected chi connectivity index (χ0v) is 35.9. The lowest BCUT2D eigenvalue weighted by molar-refractivity contribution is -0.161. The Hall–Kier alpha value is -1.85. The Labute approximate surface area is 339 Å². The van der Waals surface area contributed by atoms with Crippen LogP contribution >= 0.6 is 7.82 Å². The number of aliphatic hydroxyl groups excluding tert-OH is 2. The van der Waals surface area contributed by atoms with E-state index in [1.54, 1.807) is 0 Å². The van der Waals surface area contributed by atoms with E-state index in [4.69, 9.17) is 28.4 Å². The van der Waals surface area contributed by atoms with Gasteiger partial charge in [-0.2, -0.15) is 0 Å². The summed E-state index contributed by atoms with van der Waals surface area (Å²) in [6.45, 7) is 2.29. The molecule has 1 fully saturated rings. The van der Waals surface area contributed by atoms with E-state index in [2.05, 4.69) is 50.3 Å². The quantitative estimate of drug-likeness (QED) is 0.0177. The number of unbranched alkanes of at least 4 members (excludes halogenated alkanes) is 17. The van der Waals surface area contributed by atoms with Gasteiger partial charge in [-0.05, 0) is 70.6 Å². The molecule has 11 nitrogen and oxygen atoms in total. The molecule has 0 aromatic heterocycles. The van der Waals surface area contributed by atoms with Crippen molar-refractivity contribution >= 4 is 19.8 Å². The van der Waals surface area contributed by atoms with Crippen LogP contribution < -0.4 is 0 Å². The van der Waals surface area contributed by atoms with Crippen molar-refractivity contribution in [1.82, 2.24) is 0 Å². The molecule has 326 valence electrons. The molecule has 3 N–H and O–H groups in total. The van der Waals surface area contributed by atoms with Crippen molar-refractivity contribution in [2.24, 2.45) is 0 Å². The third-order valence-electron chi connectivity index (χ3n) is 9.69. The molecule has 0 saturated carbocycles. The monoisotopic (exact) mass is 815 g/mol. The highest BCUT2D eigenvalue weighted by molar-refractivity contribution is 7.47. The SMILES string of the molecule is CCCCC/C=C\C/C=C\CCCCCCCCCC(=O)OC[C@H](COP(=O)(O)OC[C@@H](O)CO)OC(=O)CCCCCCCC1OC1C/C=C\CCCCC. The van der Waals surface area contributed by atoms with Gasteiger partial charge in [0.1, 0.15) is 12.7 Å². The second-order valence-electron chi connectivity index (χ2n) is 15.1. The summed E-state index contributed by atoms with van der Waals surface area (Å²) < 4.78 is 38.5. The highest BCUT2D eigenvalue weighted by Crippen LogP contribution is 2.43. The number of phosphoric acid groups is 1. The van der Waals surface area contributed by atoms with Crippen LogP contribution in [0.15, 0.2) is 36.5 Å². The average molecular weight is 815 g/mol. The Morgan fingerprint density at radius 1 is 0.643 bits per heavy atom. The molecule has 0 amide bonds. The molecule has 1 heterocycles. The Morgan fingerprint density at radius 2 is 1.16 bits per heavy atom. The lowest BCUT2D eigenvalue weighted by Gasteiger charge is -2.20. The first-order valence-corrected chi connectivity index (χ1v) is 23.6. The third kappa shape index (κ3) is 33.2. The van der Waals surface area contributed by atoms with Gasteiger partial charge < -0.3 is 29.3 Å². The minimum atomic E-state index is -4.63. The Balaban J connectivity index is 2.25. The fraction of sp³-hybridized carbons (Fsp3) is 0.818. The fourth-order valence-corrected chi connectivity index (χ4v) is 6.94. The molecule has 3 unspecified atom stereocenters. The number of epoxide rings is 1. The number of esters is 2. The Morgan fingerprint density at radius 3 is 1.77 bits per heavy atom. The molecule has 0 radical (unpaired) electrons. The molecule has 1 aliphatic heterocycles. The van der Waals surface area contributed by atoms with Crippen molar-refractivity contribution < 1.29 is 52.5 Å². The van der Waals surface area contributed by atoms with Gasteiger partial charge in [-0.15, -0.1) is 0 Å². The maximum atomic E-state index is 12.6. The van der Waals surface area contributed by atoms with Gasteiger partial charge in [-0.25, -0.2) is 4.57 Å². The minimum absolute atomic E-state index is 0.159. The van der Waals surface area contributed by atoms with Crippen LogP contribution in [0.25, 0.3) is 0 Å². The van der Waals surface area contributed by atoms with Crippen molar-refractivity contribution in [3.63, 3.8) is 0 Å². The summed E-state index contributed by atoms with van der Waals surface area (Å²) in [5.74, 6) is -0.956. The number of phosphoric ester groups is 1. The lowest BCUT2D eigenvalue weighted by atomic mass is 10.1. The first-order valence-electron chi connectivity index (χ1n) is 22.1. The van der Waals surface area contributed by atoms with Crippen LogP contribution in [-0.2, 0) is 37.4 Å². The van der Waals surface area contributed by atoms with E-state index in [-0.39, 0.29) is 19.4 Å². The molecule has 56 heavy (non-hydrogen) atoms. The van der Waals surface area contributed by atoms with Gasteiger partial charge in [0, 0.05) is 12.8 Å².